The van der Waals surface area contributed by atoms with Crippen molar-refractivity contribution < 1.29 is 23.9 Å². The van der Waals surface area contributed by atoms with E-state index in [2.05, 4.69) is 20.3 Å². The van der Waals surface area contributed by atoms with Gasteiger partial charge in [-0.15, -0.1) is 5.10 Å². The van der Waals surface area contributed by atoms with Crippen LogP contribution in [0.4, 0.5) is 0 Å². The Kier molecular flexibility index (Phi) is 6.76. The number of amidine groups is 1. The zero-order valence-corrected chi connectivity index (χ0v) is 16.9. The summed E-state index contributed by atoms with van der Waals surface area (Å²) in [6.07, 6.45) is 2.66. The van der Waals surface area contributed by atoms with Crippen LogP contribution in [0.1, 0.15) is 15.9 Å². The lowest BCUT2D eigenvalue weighted by atomic mass is 9.99. The molecule has 9 heteroatoms. The number of benzene rings is 2. The van der Waals surface area contributed by atoms with Gasteiger partial charge in [0.2, 0.25) is 0 Å². The second kappa shape index (κ2) is 9.66. The monoisotopic (exact) mass is 423 g/mol. The van der Waals surface area contributed by atoms with Crippen LogP contribution in [0.5, 0.6) is 0 Å². The molecule has 0 aliphatic carbocycles. The molecule has 3 rings (SSSR count). The summed E-state index contributed by atoms with van der Waals surface area (Å²) in [7, 11) is 2.57. The minimum Gasteiger partial charge on any atom is -0.466 e. The van der Waals surface area contributed by atoms with Gasteiger partial charge >= 0.3 is 11.9 Å². The van der Waals surface area contributed by atoms with E-state index in [4.69, 9.17) is 4.74 Å². The summed E-state index contributed by atoms with van der Waals surface area (Å²) in [6, 6.07) is 14.6. The quantitative estimate of drug-likeness (QED) is 0.343. The molecule has 0 spiro atoms. The minimum atomic E-state index is -0.621. The number of nitrogens with one attached hydrogen (secondary N) is 1. The maximum Gasteiger partial charge on any atom is 0.337 e. The largest absolute Gasteiger partial charge is 0.466 e. The van der Waals surface area contributed by atoms with Gasteiger partial charge < -0.3 is 9.47 Å². The van der Waals surface area contributed by atoms with Gasteiger partial charge in [-0.1, -0.05) is 36.4 Å². The third-order valence-electron chi connectivity index (χ3n) is 4.02. The van der Waals surface area contributed by atoms with Crippen molar-refractivity contribution >= 4 is 41.0 Å². The van der Waals surface area contributed by atoms with E-state index in [0.717, 1.165) is 34.5 Å². The van der Waals surface area contributed by atoms with E-state index in [1.54, 1.807) is 18.3 Å². The molecule has 8 nitrogen and oxygen atoms in total. The predicted octanol–water partition coefficient (Wildman–Crippen LogP) is 2.75. The van der Waals surface area contributed by atoms with E-state index in [1.807, 2.05) is 36.4 Å². The Morgan fingerprint density at radius 2 is 1.77 bits per heavy atom. The fourth-order valence-corrected chi connectivity index (χ4v) is 3.30. The molecule has 1 N–H and O–H groups in total. The fraction of sp³-hybridized carbons (Fsp3) is 0.0952. The average molecular weight is 423 g/mol. The van der Waals surface area contributed by atoms with Gasteiger partial charge in [0.05, 0.1) is 30.9 Å². The summed E-state index contributed by atoms with van der Waals surface area (Å²) in [5, 5.41) is 10.8. The first-order chi connectivity index (χ1) is 14.5. The molecule has 1 aliphatic rings. The molecule has 2 aromatic carbocycles. The van der Waals surface area contributed by atoms with E-state index in [9.17, 15) is 14.4 Å². The van der Waals surface area contributed by atoms with E-state index < -0.39 is 17.8 Å². The molecular formula is C21H17N3O5S. The van der Waals surface area contributed by atoms with Crippen LogP contribution in [0.15, 0.2) is 69.7 Å². The number of rotatable bonds is 5. The molecule has 2 aromatic rings. The first-order valence-corrected chi connectivity index (χ1v) is 9.51. The molecule has 1 heterocycles. The van der Waals surface area contributed by atoms with Crippen LogP contribution < -0.4 is 5.32 Å². The molecule has 1 saturated heterocycles. The van der Waals surface area contributed by atoms with Crippen LogP contribution >= 0.6 is 11.8 Å². The average Bonchev–Trinajstić information content (AvgIpc) is 3.12. The topological polar surface area (TPSA) is 106 Å². The Morgan fingerprint density at radius 1 is 1.03 bits per heavy atom. The minimum absolute atomic E-state index is 0.182. The van der Waals surface area contributed by atoms with Crippen LogP contribution in [0.3, 0.4) is 0 Å². The van der Waals surface area contributed by atoms with Crippen LogP contribution in [-0.4, -0.2) is 43.4 Å². The maximum absolute atomic E-state index is 11.8. The fourth-order valence-electron chi connectivity index (χ4n) is 2.56. The summed E-state index contributed by atoms with van der Waals surface area (Å²) in [6.45, 7) is 0. The summed E-state index contributed by atoms with van der Waals surface area (Å²) < 4.78 is 9.23. The lowest BCUT2D eigenvalue weighted by Gasteiger charge is -2.06. The van der Waals surface area contributed by atoms with Crippen molar-refractivity contribution in [3.05, 3.63) is 70.6 Å². The lowest BCUT2D eigenvalue weighted by molar-refractivity contribution is -0.135. The Labute approximate surface area is 176 Å². The first-order valence-electron chi connectivity index (χ1n) is 8.69. The molecule has 1 fully saturated rings. The van der Waals surface area contributed by atoms with Crippen molar-refractivity contribution in [3.8, 4) is 11.1 Å². The summed E-state index contributed by atoms with van der Waals surface area (Å²) in [5.74, 6) is -1.46. The van der Waals surface area contributed by atoms with E-state index in [0.29, 0.717) is 5.56 Å². The molecule has 0 unspecified atom stereocenters. The van der Waals surface area contributed by atoms with E-state index in [-0.39, 0.29) is 10.1 Å². The molecule has 1 aliphatic heterocycles. The number of esters is 2. The van der Waals surface area contributed by atoms with Gasteiger partial charge in [-0.2, -0.15) is 5.10 Å². The molecule has 0 atom stereocenters. The molecular weight excluding hydrogens is 406 g/mol. The second-order valence-corrected chi connectivity index (χ2v) is 6.92. The highest BCUT2D eigenvalue weighted by atomic mass is 32.2. The number of carbonyl (C=O) groups excluding carboxylic acids is 3. The molecule has 0 saturated carbocycles. The summed E-state index contributed by atoms with van der Waals surface area (Å²) >= 11 is 0.997. The second-order valence-electron chi connectivity index (χ2n) is 5.89. The van der Waals surface area contributed by atoms with Crippen LogP contribution in [0.25, 0.3) is 11.1 Å². The van der Waals surface area contributed by atoms with Crippen molar-refractivity contribution in [2.45, 2.75) is 0 Å². The predicted molar refractivity (Wildman–Crippen MR) is 114 cm³/mol. The van der Waals surface area contributed by atoms with Gasteiger partial charge in [0, 0.05) is 11.6 Å². The Balaban J connectivity index is 1.79. The standard InChI is InChI=1S/C21H17N3O5S/c1-28-18(25)11-17-19(26)23-21(30-17)24-22-12-15-5-3-4-6-16(15)13-7-9-14(10-8-13)20(27)29-2/h3-12H,1-2H3,(H,23,24,26)/b17-11+,22-12?. The number of amides is 1. The molecule has 30 heavy (non-hydrogen) atoms. The smallest absolute Gasteiger partial charge is 0.337 e. The highest BCUT2D eigenvalue weighted by Gasteiger charge is 2.25. The van der Waals surface area contributed by atoms with Crippen LogP contribution in [0.2, 0.25) is 0 Å². The third-order valence-corrected chi connectivity index (χ3v) is 4.92. The molecule has 0 aromatic heterocycles. The third kappa shape index (κ3) is 5.00. The highest BCUT2D eigenvalue weighted by molar-refractivity contribution is 8.18. The van der Waals surface area contributed by atoms with Gasteiger partial charge in [-0.25, -0.2) is 9.59 Å². The molecule has 152 valence electrons. The molecule has 0 radical (unpaired) electrons. The molecule has 1 amide bonds. The number of methoxy groups -OCH3 is 2. The van der Waals surface area contributed by atoms with Crippen molar-refractivity contribution in [2.24, 2.45) is 10.2 Å². The van der Waals surface area contributed by atoms with Crippen LogP contribution in [0, 0.1) is 0 Å². The van der Waals surface area contributed by atoms with Gasteiger partial charge in [0.25, 0.3) is 5.91 Å². The summed E-state index contributed by atoms with van der Waals surface area (Å²) in [4.78, 5) is 34.9. The van der Waals surface area contributed by atoms with Crippen molar-refractivity contribution in [3.63, 3.8) is 0 Å². The van der Waals surface area contributed by atoms with Crippen LogP contribution in [-0.2, 0) is 19.1 Å². The number of carbonyl (C=O) groups is 3. The summed E-state index contributed by atoms with van der Waals surface area (Å²) in [5.41, 5.74) is 3.05. The van der Waals surface area contributed by atoms with E-state index in [1.165, 1.54) is 14.2 Å². The zero-order valence-electron chi connectivity index (χ0n) is 16.1. The van der Waals surface area contributed by atoms with Crippen molar-refractivity contribution in [1.29, 1.82) is 0 Å². The van der Waals surface area contributed by atoms with Crippen molar-refractivity contribution in [2.75, 3.05) is 14.2 Å². The number of hydrogen-bond donors (Lipinski definition) is 1. The van der Waals surface area contributed by atoms with Gasteiger partial charge in [0.1, 0.15) is 0 Å². The Hall–Kier alpha value is -3.72. The molecule has 0 bridgehead atoms. The normalized spacial score (nSPS) is 16.1. The zero-order chi connectivity index (χ0) is 21.5. The Bertz CT molecular complexity index is 1070. The van der Waals surface area contributed by atoms with E-state index >= 15 is 0 Å². The number of ether oxygens (including phenoxy) is 2. The maximum atomic E-state index is 11.8. The Morgan fingerprint density at radius 3 is 2.47 bits per heavy atom. The SMILES string of the molecule is COC(=O)/C=C1/S/C(=N\N=Cc2ccccc2-c2ccc(C(=O)OC)cc2)NC1=O. The first kappa shape index (κ1) is 21.0. The number of thioether (sulfide) groups is 1. The van der Waals surface area contributed by atoms with Gasteiger partial charge in [0.15, 0.2) is 5.17 Å². The van der Waals surface area contributed by atoms with Crippen molar-refractivity contribution in [1.82, 2.24) is 5.32 Å². The number of hydrogen-bond acceptors (Lipinski definition) is 8. The highest BCUT2D eigenvalue weighted by Crippen LogP contribution is 2.25. The van der Waals surface area contributed by atoms with Gasteiger partial charge in [-0.05, 0) is 35.0 Å². The number of nitrogens with zero attached hydrogens (tertiary/aromatic N) is 2. The van der Waals surface area contributed by atoms with Gasteiger partial charge in [-0.3, -0.25) is 10.1 Å². The lowest BCUT2D eigenvalue weighted by Crippen LogP contribution is -2.19.